The van der Waals surface area contributed by atoms with Crippen LogP contribution >= 0.6 is 0 Å². The Morgan fingerprint density at radius 3 is 2.17 bits per heavy atom. The molecule has 0 spiro atoms. The van der Waals surface area contributed by atoms with E-state index in [0.29, 0.717) is 16.9 Å². The molecule has 0 saturated heterocycles. The van der Waals surface area contributed by atoms with E-state index in [9.17, 15) is 26.0 Å². The molecule has 0 aliphatic rings. The Morgan fingerprint density at radius 1 is 0.902 bits per heavy atom. The molecule has 0 saturated carbocycles. The van der Waals surface area contributed by atoms with Crippen LogP contribution in [0.4, 0.5) is 21.7 Å². The first-order valence-electron chi connectivity index (χ1n) is 12.1. The highest BCUT2D eigenvalue weighted by Crippen LogP contribution is 2.25. The Labute approximate surface area is 237 Å². The van der Waals surface area contributed by atoms with Crippen LogP contribution in [0.15, 0.2) is 90.0 Å². The van der Waals surface area contributed by atoms with Gasteiger partial charge in [0.1, 0.15) is 5.82 Å². The van der Waals surface area contributed by atoms with Crippen molar-refractivity contribution < 1.29 is 26.0 Å². The van der Waals surface area contributed by atoms with Crippen molar-refractivity contribution in [2.24, 2.45) is 0 Å². The Morgan fingerprint density at radius 2 is 1.56 bits per heavy atom. The molecule has 11 nitrogen and oxygen atoms in total. The van der Waals surface area contributed by atoms with Crippen molar-refractivity contribution >= 4 is 43.5 Å². The molecule has 1 amide bonds. The summed E-state index contributed by atoms with van der Waals surface area (Å²) in [5, 5.41) is 2.69. The summed E-state index contributed by atoms with van der Waals surface area (Å²) in [5.41, 5.74) is 1.65. The van der Waals surface area contributed by atoms with Gasteiger partial charge in [-0.1, -0.05) is 24.3 Å². The number of halogens is 1. The van der Waals surface area contributed by atoms with Gasteiger partial charge in [-0.2, -0.15) is 12.7 Å². The Bertz CT molecular complexity index is 1760. The number of amides is 1. The van der Waals surface area contributed by atoms with Crippen molar-refractivity contribution in [1.82, 2.24) is 14.3 Å². The molecule has 214 valence electrons. The van der Waals surface area contributed by atoms with E-state index in [1.54, 1.807) is 31.2 Å². The van der Waals surface area contributed by atoms with Crippen LogP contribution in [0.25, 0.3) is 0 Å². The van der Waals surface area contributed by atoms with Gasteiger partial charge in [0.05, 0.1) is 17.1 Å². The number of aryl methyl sites for hydroxylation is 1. The molecule has 2 N–H and O–H groups in total. The summed E-state index contributed by atoms with van der Waals surface area (Å²) >= 11 is 0. The number of carbonyl (C=O) groups excluding carboxylic acids is 1. The molecule has 0 atom stereocenters. The van der Waals surface area contributed by atoms with Crippen LogP contribution in [0.5, 0.6) is 0 Å². The second-order valence-corrected chi connectivity index (χ2v) is 12.8. The summed E-state index contributed by atoms with van der Waals surface area (Å²) in [4.78, 5) is 20.7. The van der Waals surface area contributed by atoms with E-state index in [2.05, 4.69) is 20.0 Å². The number of para-hydroxylation sites is 1. The van der Waals surface area contributed by atoms with Crippen molar-refractivity contribution in [3.8, 4) is 0 Å². The van der Waals surface area contributed by atoms with E-state index in [1.807, 2.05) is 0 Å². The Balaban J connectivity index is 1.45. The van der Waals surface area contributed by atoms with E-state index < -0.39 is 32.0 Å². The number of nitrogens with zero attached hydrogens (tertiary/aromatic N) is 4. The highest BCUT2D eigenvalue weighted by atomic mass is 32.2. The van der Waals surface area contributed by atoms with Gasteiger partial charge in [-0.15, -0.1) is 0 Å². The van der Waals surface area contributed by atoms with Crippen LogP contribution in [0.1, 0.15) is 21.6 Å². The molecular weight excluding hydrogens is 571 g/mol. The Kier molecular flexibility index (Phi) is 8.66. The van der Waals surface area contributed by atoms with E-state index >= 15 is 0 Å². The summed E-state index contributed by atoms with van der Waals surface area (Å²) in [6, 6.07) is 18.9. The molecule has 0 fully saturated rings. The summed E-state index contributed by atoms with van der Waals surface area (Å²) < 4.78 is 69.9. The van der Waals surface area contributed by atoms with Crippen LogP contribution < -0.4 is 14.3 Å². The largest absolute Gasteiger partial charge is 0.322 e. The first kappa shape index (κ1) is 29.6. The van der Waals surface area contributed by atoms with Gasteiger partial charge in [-0.3, -0.25) is 9.10 Å². The molecule has 0 bridgehead atoms. The van der Waals surface area contributed by atoms with Crippen LogP contribution in [-0.4, -0.2) is 51.1 Å². The predicted molar refractivity (Wildman–Crippen MR) is 154 cm³/mol. The fourth-order valence-electron chi connectivity index (χ4n) is 3.67. The molecule has 4 aromatic rings. The smallest absolute Gasteiger partial charge is 0.303 e. The van der Waals surface area contributed by atoms with E-state index in [4.69, 9.17) is 0 Å². The van der Waals surface area contributed by atoms with E-state index in [1.165, 1.54) is 74.9 Å². The minimum Gasteiger partial charge on any atom is -0.322 e. The maximum absolute atomic E-state index is 14.5. The third-order valence-electron chi connectivity index (χ3n) is 5.85. The number of hydrogen-bond donors (Lipinski definition) is 2. The molecule has 0 aliphatic heterocycles. The number of anilines is 3. The van der Waals surface area contributed by atoms with Crippen molar-refractivity contribution in [1.29, 1.82) is 0 Å². The van der Waals surface area contributed by atoms with Crippen molar-refractivity contribution in [3.05, 3.63) is 108 Å². The first-order valence-corrected chi connectivity index (χ1v) is 15.0. The number of carbonyl (C=O) groups is 1. The molecule has 0 radical (unpaired) electrons. The van der Waals surface area contributed by atoms with E-state index in [0.717, 1.165) is 8.61 Å². The molecule has 3 aromatic carbocycles. The molecule has 41 heavy (non-hydrogen) atoms. The van der Waals surface area contributed by atoms with Gasteiger partial charge in [0, 0.05) is 37.2 Å². The molecule has 0 unspecified atom stereocenters. The van der Waals surface area contributed by atoms with E-state index in [-0.39, 0.29) is 28.6 Å². The average Bonchev–Trinajstić information content (AvgIpc) is 2.92. The summed E-state index contributed by atoms with van der Waals surface area (Å²) in [6.45, 7) is 1.54. The van der Waals surface area contributed by atoms with Gasteiger partial charge in [-0.05, 0) is 67.1 Å². The third kappa shape index (κ3) is 7.03. The Hall–Kier alpha value is -4.40. The zero-order chi connectivity index (χ0) is 29.8. The van der Waals surface area contributed by atoms with Crippen LogP contribution in [0, 0.1) is 12.7 Å². The maximum atomic E-state index is 14.5. The summed E-state index contributed by atoms with van der Waals surface area (Å²) in [7, 11) is -5.25. The predicted octanol–water partition coefficient (Wildman–Crippen LogP) is 3.79. The van der Waals surface area contributed by atoms with Gasteiger partial charge in [-0.25, -0.2) is 27.5 Å². The zero-order valence-corrected chi connectivity index (χ0v) is 23.9. The lowest BCUT2D eigenvalue weighted by Crippen LogP contribution is -2.40. The van der Waals surface area contributed by atoms with Crippen molar-refractivity contribution in [3.63, 3.8) is 0 Å². The molecule has 1 aromatic heterocycles. The SMILES string of the molecule is Cc1ccnc(NS(=O)(=O)c2ccc(NC(=O)c3ccc(CN(c4ccccc4F)S(=O)(=O)N(C)C)cc3)cc2)n1. The monoisotopic (exact) mass is 598 g/mol. The van der Waals surface area contributed by atoms with Gasteiger partial charge in [0.2, 0.25) is 5.95 Å². The summed E-state index contributed by atoms with van der Waals surface area (Å²) in [5.74, 6) is -1.21. The summed E-state index contributed by atoms with van der Waals surface area (Å²) in [6.07, 6.45) is 1.44. The first-order chi connectivity index (χ1) is 19.4. The maximum Gasteiger partial charge on any atom is 0.303 e. The minimum absolute atomic E-state index is 0.0444. The molecule has 0 aliphatic carbocycles. The fourth-order valence-corrected chi connectivity index (χ4v) is 5.72. The van der Waals surface area contributed by atoms with Crippen LogP contribution in [-0.2, 0) is 26.8 Å². The topological polar surface area (TPSA) is 142 Å². The minimum atomic E-state index is -4.02. The van der Waals surface area contributed by atoms with Crippen LogP contribution in [0.2, 0.25) is 0 Å². The quantitative estimate of drug-likeness (QED) is 0.283. The highest BCUT2D eigenvalue weighted by Gasteiger charge is 2.27. The van der Waals surface area contributed by atoms with Gasteiger partial charge in [0.15, 0.2) is 0 Å². The molecule has 14 heteroatoms. The highest BCUT2D eigenvalue weighted by molar-refractivity contribution is 7.92. The van der Waals surface area contributed by atoms with Crippen LogP contribution in [0.3, 0.4) is 0 Å². The number of sulfonamides is 1. The lowest BCUT2D eigenvalue weighted by atomic mass is 10.1. The zero-order valence-electron chi connectivity index (χ0n) is 22.3. The van der Waals surface area contributed by atoms with Gasteiger partial charge < -0.3 is 5.32 Å². The number of aromatic nitrogens is 2. The molecule has 1 heterocycles. The second-order valence-electron chi connectivity index (χ2n) is 9.05. The lowest BCUT2D eigenvalue weighted by Gasteiger charge is -2.27. The van der Waals surface area contributed by atoms with Gasteiger partial charge >= 0.3 is 10.2 Å². The number of hydrogen-bond acceptors (Lipinski definition) is 7. The average molecular weight is 599 g/mol. The number of benzene rings is 3. The lowest BCUT2D eigenvalue weighted by molar-refractivity contribution is 0.102. The second kappa shape index (κ2) is 12.0. The normalized spacial score (nSPS) is 11.7. The standard InChI is InChI=1S/C27H27FN6O5S2/c1-19-16-17-29-27(30-19)32-40(36,37)23-14-12-22(13-15-23)31-26(35)21-10-8-20(9-11-21)18-34(41(38,39)33(2)3)25-7-5-4-6-24(25)28/h4-17H,18H2,1-3H3,(H,31,35)(H,29,30,32). The van der Waals surface area contributed by atoms with Gasteiger partial charge in [0.25, 0.3) is 15.9 Å². The number of rotatable bonds is 10. The fraction of sp³-hybridized carbons (Fsp3) is 0.148. The van der Waals surface area contributed by atoms with Crippen molar-refractivity contribution in [2.45, 2.75) is 18.4 Å². The molecule has 4 rings (SSSR count). The molecular formula is C27H27FN6O5S2. The number of nitrogens with one attached hydrogen (secondary N) is 2. The van der Waals surface area contributed by atoms with Crippen molar-refractivity contribution in [2.75, 3.05) is 28.4 Å². The third-order valence-corrected chi connectivity index (χ3v) is 9.00.